The number of rotatable bonds is 2. The maximum absolute atomic E-state index is 10.7. The van der Waals surface area contributed by atoms with E-state index in [0.29, 0.717) is 5.88 Å². The Bertz CT molecular complexity index is 390. The lowest BCUT2D eigenvalue weighted by Gasteiger charge is -2.05. The van der Waals surface area contributed by atoms with Crippen molar-refractivity contribution in [2.75, 3.05) is 7.11 Å². The van der Waals surface area contributed by atoms with E-state index in [0.717, 1.165) is 30.5 Å². The number of hydrogen-bond donors (Lipinski definition) is 1. The first-order valence-electron chi connectivity index (χ1n) is 4.39. The molecule has 0 aliphatic heterocycles. The molecule has 1 aromatic rings. The summed E-state index contributed by atoms with van der Waals surface area (Å²) in [6.07, 6.45) is 2.68. The molecule has 5 nitrogen and oxygen atoms in total. The van der Waals surface area contributed by atoms with Crippen molar-refractivity contribution in [1.29, 1.82) is 0 Å². The Balaban J connectivity index is 2.54. The molecule has 1 heterocycles. The molecule has 1 aliphatic carbocycles. The van der Waals surface area contributed by atoms with Gasteiger partial charge in [-0.2, -0.15) is 4.98 Å². The highest BCUT2D eigenvalue weighted by molar-refractivity contribution is 5.83. The maximum Gasteiger partial charge on any atom is 0.374 e. The lowest BCUT2D eigenvalue weighted by atomic mass is 10.2. The van der Waals surface area contributed by atoms with Gasteiger partial charge in [0.25, 0.3) is 0 Å². The second-order valence-electron chi connectivity index (χ2n) is 3.14. The van der Waals surface area contributed by atoms with Gasteiger partial charge in [0.2, 0.25) is 11.7 Å². The molecule has 1 aliphatic rings. The van der Waals surface area contributed by atoms with Gasteiger partial charge in [-0.1, -0.05) is 0 Å². The molecule has 0 saturated heterocycles. The monoisotopic (exact) mass is 194 g/mol. The Morgan fingerprint density at radius 2 is 2.21 bits per heavy atom. The summed E-state index contributed by atoms with van der Waals surface area (Å²) in [7, 11) is 1.49. The zero-order valence-electron chi connectivity index (χ0n) is 7.78. The van der Waals surface area contributed by atoms with Crippen LogP contribution in [0.4, 0.5) is 0 Å². The van der Waals surface area contributed by atoms with Gasteiger partial charge in [-0.15, -0.1) is 0 Å². The SMILES string of the molecule is COc1nc(C(=O)O)nc2c1CCC2. The quantitative estimate of drug-likeness (QED) is 0.749. The Morgan fingerprint density at radius 1 is 1.43 bits per heavy atom. The topological polar surface area (TPSA) is 72.3 Å². The van der Waals surface area contributed by atoms with Crippen molar-refractivity contribution in [3.8, 4) is 5.88 Å². The minimum atomic E-state index is -1.11. The van der Waals surface area contributed by atoms with Crippen LogP contribution in [-0.4, -0.2) is 28.2 Å². The minimum absolute atomic E-state index is 0.178. The van der Waals surface area contributed by atoms with Crippen LogP contribution in [0, 0.1) is 0 Å². The number of carboxylic acids is 1. The average Bonchev–Trinajstić information content (AvgIpc) is 2.63. The third-order valence-electron chi connectivity index (χ3n) is 2.28. The van der Waals surface area contributed by atoms with Gasteiger partial charge in [0.15, 0.2) is 0 Å². The highest BCUT2D eigenvalue weighted by atomic mass is 16.5. The highest BCUT2D eigenvalue weighted by Crippen LogP contribution is 2.27. The number of carboxylic acid groups (broad SMARTS) is 1. The highest BCUT2D eigenvalue weighted by Gasteiger charge is 2.21. The summed E-state index contributed by atoms with van der Waals surface area (Å²) in [5.41, 5.74) is 1.77. The summed E-state index contributed by atoms with van der Waals surface area (Å²) in [6.45, 7) is 0. The number of aromatic carboxylic acids is 1. The van der Waals surface area contributed by atoms with Crippen LogP contribution in [0.15, 0.2) is 0 Å². The average molecular weight is 194 g/mol. The number of aromatic nitrogens is 2. The first-order chi connectivity index (χ1) is 6.72. The van der Waals surface area contributed by atoms with E-state index in [4.69, 9.17) is 9.84 Å². The number of hydrogen-bond acceptors (Lipinski definition) is 4. The molecule has 5 heteroatoms. The van der Waals surface area contributed by atoms with Crippen LogP contribution in [0.5, 0.6) is 5.88 Å². The Morgan fingerprint density at radius 3 is 2.86 bits per heavy atom. The Labute approximate surface area is 80.8 Å². The predicted molar refractivity (Wildman–Crippen MR) is 47.6 cm³/mol. The van der Waals surface area contributed by atoms with Crippen LogP contribution >= 0.6 is 0 Å². The predicted octanol–water partition coefficient (Wildman–Crippen LogP) is 0.672. The van der Waals surface area contributed by atoms with Crippen molar-refractivity contribution >= 4 is 5.97 Å². The lowest BCUT2D eigenvalue weighted by molar-refractivity contribution is 0.0682. The maximum atomic E-state index is 10.7. The van der Waals surface area contributed by atoms with E-state index in [2.05, 4.69) is 9.97 Å². The number of nitrogens with zero attached hydrogens (tertiary/aromatic N) is 2. The number of carbonyl (C=O) groups is 1. The molecule has 0 unspecified atom stereocenters. The Kier molecular flexibility index (Phi) is 2.07. The van der Waals surface area contributed by atoms with Crippen LogP contribution in [-0.2, 0) is 12.8 Å². The summed E-state index contributed by atoms with van der Waals surface area (Å²) in [4.78, 5) is 18.5. The molecular formula is C9H10N2O3. The fourth-order valence-electron chi connectivity index (χ4n) is 1.66. The molecule has 1 N–H and O–H groups in total. The van der Waals surface area contributed by atoms with Gasteiger partial charge >= 0.3 is 5.97 Å². The van der Waals surface area contributed by atoms with Gasteiger partial charge in [-0.25, -0.2) is 9.78 Å². The van der Waals surface area contributed by atoms with Gasteiger partial charge in [0.1, 0.15) is 0 Å². The fourth-order valence-corrected chi connectivity index (χ4v) is 1.66. The summed E-state index contributed by atoms with van der Waals surface area (Å²) in [5.74, 6) is -0.884. The number of aryl methyl sites for hydroxylation is 1. The molecule has 0 aromatic carbocycles. The van der Waals surface area contributed by atoms with Crippen molar-refractivity contribution in [3.63, 3.8) is 0 Å². The first kappa shape index (κ1) is 8.93. The standard InChI is InChI=1S/C9H10N2O3/c1-14-8-5-3-2-4-6(5)10-7(11-8)9(12)13/h2-4H2,1H3,(H,12,13). The summed E-state index contributed by atoms with van der Waals surface area (Å²) in [5, 5.41) is 8.76. The third kappa shape index (κ3) is 1.30. The van der Waals surface area contributed by atoms with Crippen molar-refractivity contribution in [2.24, 2.45) is 0 Å². The molecule has 0 amide bonds. The van der Waals surface area contributed by atoms with Crippen molar-refractivity contribution in [1.82, 2.24) is 9.97 Å². The number of ether oxygens (including phenoxy) is 1. The fraction of sp³-hybridized carbons (Fsp3) is 0.444. The lowest BCUT2D eigenvalue weighted by Crippen LogP contribution is -2.08. The largest absolute Gasteiger partial charge is 0.481 e. The van der Waals surface area contributed by atoms with E-state index in [-0.39, 0.29) is 5.82 Å². The molecule has 74 valence electrons. The molecule has 2 rings (SSSR count). The van der Waals surface area contributed by atoms with Crippen LogP contribution in [0.25, 0.3) is 0 Å². The summed E-state index contributed by atoms with van der Waals surface area (Å²) < 4.78 is 5.03. The van der Waals surface area contributed by atoms with Gasteiger partial charge in [0.05, 0.1) is 12.8 Å². The normalized spacial score (nSPS) is 13.8. The third-order valence-corrected chi connectivity index (χ3v) is 2.28. The zero-order chi connectivity index (χ0) is 10.1. The molecule has 1 aromatic heterocycles. The Hall–Kier alpha value is -1.65. The van der Waals surface area contributed by atoms with E-state index in [1.54, 1.807) is 0 Å². The summed E-state index contributed by atoms with van der Waals surface area (Å²) in [6, 6.07) is 0. The second kappa shape index (κ2) is 3.25. The van der Waals surface area contributed by atoms with Crippen molar-refractivity contribution in [3.05, 3.63) is 17.1 Å². The van der Waals surface area contributed by atoms with Gasteiger partial charge in [-0.3, -0.25) is 0 Å². The van der Waals surface area contributed by atoms with Crippen LogP contribution in [0.3, 0.4) is 0 Å². The van der Waals surface area contributed by atoms with Crippen molar-refractivity contribution in [2.45, 2.75) is 19.3 Å². The van der Waals surface area contributed by atoms with E-state index < -0.39 is 5.97 Å². The van der Waals surface area contributed by atoms with Crippen LogP contribution in [0.1, 0.15) is 28.3 Å². The molecular weight excluding hydrogens is 184 g/mol. The van der Waals surface area contributed by atoms with E-state index in [1.807, 2.05) is 0 Å². The summed E-state index contributed by atoms with van der Waals surface area (Å²) >= 11 is 0. The minimum Gasteiger partial charge on any atom is -0.481 e. The smallest absolute Gasteiger partial charge is 0.374 e. The molecule has 0 atom stereocenters. The van der Waals surface area contributed by atoms with E-state index >= 15 is 0 Å². The first-order valence-corrected chi connectivity index (χ1v) is 4.39. The molecule has 0 bridgehead atoms. The molecule has 0 radical (unpaired) electrons. The number of methoxy groups -OCH3 is 1. The van der Waals surface area contributed by atoms with E-state index in [9.17, 15) is 4.79 Å². The molecule has 0 saturated carbocycles. The van der Waals surface area contributed by atoms with Crippen LogP contribution in [0.2, 0.25) is 0 Å². The molecule has 14 heavy (non-hydrogen) atoms. The van der Waals surface area contributed by atoms with E-state index in [1.165, 1.54) is 7.11 Å². The molecule has 0 spiro atoms. The second-order valence-corrected chi connectivity index (χ2v) is 3.14. The molecule has 0 fully saturated rings. The van der Waals surface area contributed by atoms with Gasteiger partial charge in [-0.05, 0) is 19.3 Å². The van der Waals surface area contributed by atoms with Crippen molar-refractivity contribution < 1.29 is 14.6 Å². The number of fused-ring (bicyclic) bond motifs is 1. The van der Waals surface area contributed by atoms with Crippen LogP contribution < -0.4 is 4.74 Å². The van der Waals surface area contributed by atoms with Gasteiger partial charge in [0, 0.05) is 5.56 Å². The van der Waals surface area contributed by atoms with Gasteiger partial charge < -0.3 is 9.84 Å². The zero-order valence-corrected chi connectivity index (χ0v) is 7.78.